The van der Waals surface area contributed by atoms with Gasteiger partial charge in [-0.25, -0.2) is 18.1 Å². The molecule has 2 N–H and O–H groups in total. The van der Waals surface area contributed by atoms with Crippen molar-refractivity contribution < 1.29 is 13.2 Å². The highest BCUT2D eigenvalue weighted by Gasteiger charge is 2.22. The molecule has 7 nitrogen and oxygen atoms in total. The maximum Gasteiger partial charge on any atom is 0.259 e. The predicted octanol–water partition coefficient (Wildman–Crippen LogP) is 3.55. The van der Waals surface area contributed by atoms with Crippen molar-refractivity contribution in [2.45, 2.75) is 43.0 Å². The summed E-state index contributed by atoms with van der Waals surface area (Å²) >= 11 is 1.24. The van der Waals surface area contributed by atoms with Crippen LogP contribution in [0.3, 0.4) is 0 Å². The van der Waals surface area contributed by atoms with E-state index >= 15 is 0 Å². The van der Waals surface area contributed by atoms with E-state index in [2.05, 4.69) is 20.0 Å². The van der Waals surface area contributed by atoms with Gasteiger partial charge in [-0.3, -0.25) is 15.1 Å². The molecule has 2 heterocycles. The van der Waals surface area contributed by atoms with Crippen molar-refractivity contribution in [1.82, 2.24) is 14.7 Å². The molecule has 4 rings (SSSR count). The Balaban J connectivity index is 1.53. The van der Waals surface area contributed by atoms with Crippen LogP contribution >= 0.6 is 11.3 Å². The van der Waals surface area contributed by atoms with Gasteiger partial charge in [0, 0.05) is 18.4 Å². The van der Waals surface area contributed by atoms with Gasteiger partial charge in [0.15, 0.2) is 5.13 Å². The topological polar surface area (TPSA) is 101 Å². The molecule has 1 aliphatic rings. The number of anilines is 1. The molecule has 0 bridgehead atoms. The highest BCUT2D eigenvalue weighted by Crippen LogP contribution is 2.29. The maximum absolute atomic E-state index is 12.7. The summed E-state index contributed by atoms with van der Waals surface area (Å²) in [5.41, 5.74) is 1.07. The second-order valence-electron chi connectivity index (χ2n) is 6.80. The number of nitrogens with one attached hydrogen (secondary N) is 2. The number of benzene rings is 1. The molecule has 0 spiro atoms. The lowest BCUT2D eigenvalue weighted by Crippen LogP contribution is -2.36. The fraction of sp³-hybridized carbons (Fsp3) is 0.316. The van der Waals surface area contributed by atoms with E-state index in [1.54, 1.807) is 36.5 Å². The van der Waals surface area contributed by atoms with E-state index in [0.29, 0.717) is 20.9 Å². The second-order valence-corrected chi connectivity index (χ2v) is 9.55. The number of sulfonamides is 1. The fourth-order valence-corrected chi connectivity index (χ4v) is 5.61. The van der Waals surface area contributed by atoms with Crippen molar-refractivity contribution in [2.75, 3.05) is 5.32 Å². The van der Waals surface area contributed by atoms with Crippen LogP contribution in [-0.4, -0.2) is 30.3 Å². The third-order valence-corrected chi connectivity index (χ3v) is 7.19. The van der Waals surface area contributed by atoms with Crippen LogP contribution in [-0.2, 0) is 10.0 Å². The van der Waals surface area contributed by atoms with Crippen molar-refractivity contribution >= 4 is 42.6 Å². The van der Waals surface area contributed by atoms with Gasteiger partial charge in [0.2, 0.25) is 10.0 Å². The van der Waals surface area contributed by atoms with E-state index in [4.69, 9.17) is 0 Å². The van der Waals surface area contributed by atoms with Gasteiger partial charge < -0.3 is 0 Å². The zero-order valence-electron chi connectivity index (χ0n) is 15.1. The Hall–Kier alpha value is -2.36. The number of thiazole rings is 1. The predicted molar refractivity (Wildman–Crippen MR) is 109 cm³/mol. The van der Waals surface area contributed by atoms with Crippen LogP contribution in [0, 0.1) is 0 Å². The fourth-order valence-electron chi connectivity index (χ4n) is 3.30. The molecule has 28 heavy (non-hydrogen) atoms. The summed E-state index contributed by atoms with van der Waals surface area (Å²) in [4.78, 5) is 20.8. The van der Waals surface area contributed by atoms with E-state index in [-0.39, 0.29) is 16.8 Å². The van der Waals surface area contributed by atoms with E-state index in [9.17, 15) is 13.2 Å². The highest BCUT2D eigenvalue weighted by atomic mass is 32.2. The van der Waals surface area contributed by atoms with Crippen LogP contribution < -0.4 is 10.0 Å². The molecule has 0 aliphatic heterocycles. The normalized spacial score (nSPS) is 15.6. The van der Waals surface area contributed by atoms with Gasteiger partial charge in [0.25, 0.3) is 5.91 Å². The van der Waals surface area contributed by atoms with Crippen LogP contribution in [0.5, 0.6) is 0 Å². The van der Waals surface area contributed by atoms with Gasteiger partial charge in [-0.1, -0.05) is 30.6 Å². The zero-order valence-corrected chi connectivity index (χ0v) is 16.7. The second kappa shape index (κ2) is 7.94. The summed E-state index contributed by atoms with van der Waals surface area (Å²) in [6, 6.07) is 8.19. The van der Waals surface area contributed by atoms with Crippen LogP contribution in [0.4, 0.5) is 5.13 Å². The summed E-state index contributed by atoms with van der Waals surface area (Å²) < 4.78 is 28.9. The quantitative estimate of drug-likeness (QED) is 0.662. The largest absolute Gasteiger partial charge is 0.298 e. The summed E-state index contributed by atoms with van der Waals surface area (Å²) in [5.74, 6) is -0.307. The number of aromatic nitrogens is 2. The number of pyridine rings is 1. The molecule has 9 heteroatoms. The van der Waals surface area contributed by atoms with Crippen molar-refractivity contribution in [3.63, 3.8) is 0 Å². The molecule has 1 aliphatic carbocycles. The number of rotatable bonds is 5. The van der Waals surface area contributed by atoms with Crippen molar-refractivity contribution in [1.29, 1.82) is 0 Å². The number of hydrogen-bond acceptors (Lipinski definition) is 6. The number of carbonyl (C=O) groups is 1. The lowest BCUT2D eigenvalue weighted by molar-refractivity contribution is 0.102. The van der Waals surface area contributed by atoms with Crippen LogP contribution in [0.25, 0.3) is 10.2 Å². The maximum atomic E-state index is 12.7. The summed E-state index contributed by atoms with van der Waals surface area (Å²) in [6.07, 6.45) is 8.11. The van der Waals surface area contributed by atoms with Gasteiger partial charge in [-0.05, 0) is 43.2 Å². The number of hydrogen-bond donors (Lipinski definition) is 2. The van der Waals surface area contributed by atoms with Crippen LogP contribution in [0.2, 0.25) is 0 Å². The average molecular weight is 417 g/mol. The molecular weight excluding hydrogens is 396 g/mol. The molecule has 0 unspecified atom stereocenters. The first kappa shape index (κ1) is 19.0. The minimum atomic E-state index is -3.57. The van der Waals surface area contributed by atoms with Crippen LogP contribution in [0.15, 0.2) is 47.6 Å². The van der Waals surface area contributed by atoms with Gasteiger partial charge >= 0.3 is 0 Å². The average Bonchev–Trinajstić information content (AvgIpc) is 3.10. The number of nitrogens with zero attached hydrogens (tertiary/aromatic N) is 2. The molecule has 146 valence electrons. The zero-order chi connectivity index (χ0) is 19.6. The molecular formula is C19H20N4O3S2. The summed E-state index contributed by atoms with van der Waals surface area (Å²) in [5, 5.41) is 3.15. The SMILES string of the molecule is O=C(Nc1nc2ccc(S(=O)(=O)NC3CCCCC3)cc2s1)c1cccnc1. The minimum Gasteiger partial charge on any atom is -0.298 e. The standard InChI is InChI=1S/C19H20N4O3S2/c24-18(13-5-4-10-20-12-13)22-19-21-16-9-8-15(11-17(16)27-19)28(25,26)23-14-6-2-1-3-7-14/h4-5,8-12,14,23H,1-3,6-7H2,(H,21,22,24). The first-order chi connectivity index (χ1) is 13.5. The van der Waals surface area contributed by atoms with Gasteiger partial charge in [-0.2, -0.15) is 0 Å². The Morgan fingerprint density at radius 3 is 2.71 bits per heavy atom. The van der Waals surface area contributed by atoms with E-state index in [1.807, 2.05) is 0 Å². The van der Waals surface area contributed by atoms with E-state index < -0.39 is 10.0 Å². The first-order valence-corrected chi connectivity index (χ1v) is 11.5. The molecule has 0 atom stereocenters. The Labute approximate surface area is 167 Å². The van der Waals surface area contributed by atoms with E-state index in [1.165, 1.54) is 24.0 Å². The lowest BCUT2D eigenvalue weighted by Gasteiger charge is -2.22. The minimum absolute atomic E-state index is 0.00485. The molecule has 1 fully saturated rings. The monoisotopic (exact) mass is 416 g/mol. The van der Waals surface area contributed by atoms with E-state index in [0.717, 1.165) is 25.7 Å². The highest BCUT2D eigenvalue weighted by molar-refractivity contribution is 7.89. The Morgan fingerprint density at radius 1 is 1.14 bits per heavy atom. The number of fused-ring (bicyclic) bond motifs is 1. The molecule has 0 radical (unpaired) electrons. The van der Waals surface area contributed by atoms with Crippen LogP contribution in [0.1, 0.15) is 42.5 Å². The van der Waals surface area contributed by atoms with Gasteiger partial charge in [0.05, 0.1) is 20.7 Å². The molecule has 0 saturated heterocycles. The first-order valence-electron chi connectivity index (χ1n) is 9.15. The Bertz CT molecular complexity index is 1090. The molecule has 1 amide bonds. The Kier molecular flexibility index (Phi) is 5.38. The third kappa shape index (κ3) is 4.21. The number of amides is 1. The van der Waals surface area contributed by atoms with Gasteiger partial charge in [0.1, 0.15) is 0 Å². The third-order valence-electron chi connectivity index (χ3n) is 4.74. The van der Waals surface area contributed by atoms with Crippen molar-refractivity contribution in [3.8, 4) is 0 Å². The van der Waals surface area contributed by atoms with Crippen molar-refractivity contribution in [2.24, 2.45) is 0 Å². The molecule has 1 saturated carbocycles. The summed E-state index contributed by atoms with van der Waals surface area (Å²) in [6.45, 7) is 0. The summed E-state index contributed by atoms with van der Waals surface area (Å²) in [7, 11) is -3.57. The number of carbonyl (C=O) groups excluding carboxylic acids is 1. The smallest absolute Gasteiger partial charge is 0.259 e. The molecule has 1 aromatic carbocycles. The lowest BCUT2D eigenvalue weighted by atomic mass is 9.96. The molecule has 2 aromatic heterocycles. The Morgan fingerprint density at radius 2 is 1.96 bits per heavy atom. The molecule has 3 aromatic rings. The van der Waals surface area contributed by atoms with Gasteiger partial charge in [-0.15, -0.1) is 0 Å². The van der Waals surface area contributed by atoms with Crippen molar-refractivity contribution in [3.05, 3.63) is 48.3 Å².